The Morgan fingerprint density at radius 3 is 2.70 bits per heavy atom. The van der Waals surface area contributed by atoms with E-state index >= 15 is 0 Å². The monoisotopic (exact) mass is 398 g/mol. The number of imidazole rings is 1. The van der Waals surface area contributed by atoms with Gasteiger partial charge in [0.2, 0.25) is 5.91 Å². The first-order chi connectivity index (χ1) is 14.7. The molecule has 3 aromatic carbocycles. The minimum Gasteiger partial charge on any atom is -0.361 e. The van der Waals surface area contributed by atoms with Crippen molar-refractivity contribution in [2.24, 2.45) is 0 Å². The first-order valence-corrected chi connectivity index (χ1v) is 9.72. The summed E-state index contributed by atoms with van der Waals surface area (Å²) in [6, 6.07) is 20.1. The molecule has 3 N–H and O–H groups in total. The zero-order valence-electron chi connectivity index (χ0n) is 16.1. The van der Waals surface area contributed by atoms with Crippen LogP contribution in [0.3, 0.4) is 0 Å². The summed E-state index contributed by atoms with van der Waals surface area (Å²) in [5.74, 6) is 0.339. The van der Waals surface area contributed by atoms with Crippen molar-refractivity contribution in [2.45, 2.75) is 12.8 Å². The molecule has 6 heteroatoms. The lowest BCUT2D eigenvalue weighted by atomic mass is 10.1. The van der Waals surface area contributed by atoms with E-state index in [1.54, 1.807) is 12.1 Å². The maximum atomic E-state index is 13.9. The molecule has 30 heavy (non-hydrogen) atoms. The number of aromatic nitrogens is 3. The van der Waals surface area contributed by atoms with Crippen molar-refractivity contribution in [2.75, 3.05) is 5.32 Å². The Morgan fingerprint density at radius 2 is 1.80 bits per heavy atom. The van der Waals surface area contributed by atoms with Gasteiger partial charge in [-0.25, -0.2) is 9.37 Å². The second kappa shape index (κ2) is 7.48. The molecule has 0 aliphatic carbocycles. The highest BCUT2D eigenvalue weighted by Crippen LogP contribution is 2.21. The molecule has 0 unspecified atom stereocenters. The largest absolute Gasteiger partial charge is 0.361 e. The standard InChI is InChI=1S/C24H19FN4O/c25-19-7-3-1-5-15(19)11-23-28-21-10-9-17(13-22(21)29-23)27-24(30)12-16-14-26-20-8-4-2-6-18(16)20/h1-10,13-14,26H,11-12H2,(H,27,30)(H,28,29). The molecule has 2 heterocycles. The van der Waals surface area contributed by atoms with E-state index in [-0.39, 0.29) is 18.1 Å². The van der Waals surface area contributed by atoms with E-state index in [9.17, 15) is 9.18 Å². The van der Waals surface area contributed by atoms with Crippen LogP contribution in [0.1, 0.15) is 17.0 Å². The van der Waals surface area contributed by atoms with E-state index in [0.717, 1.165) is 27.5 Å². The Labute approximate surface area is 172 Å². The summed E-state index contributed by atoms with van der Waals surface area (Å²) in [4.78, 5) is 23.5. The van der Waals surface area contributed by atoms with Crippen molar-refractivity contribution >= 4 is 33.5 Å². The van der Waals surface area contributed by atoms with Crippen molar-refractivity contribution in [1.29, 1.82) is 0 Å². The average molecular weight is 398 g/mol. The van der Waals surface area contributed by atoms with E-state index in [1.807, 2.05) is 54.7 Å². The highest BCUT2D eigenvalue weighted by Gasteiger charge is 2.11. The van der Waals surface area contributed by atoms with E-state index in [2.05, 4.69) is 20.3 Å². The third-order valence-corrected chi connectivity index (χ3v) is 5.16. The maximum Gasteiger partial charge on any atom is 0.228 e. The SMILES string of the molecule is O=C(Cc1c[nH]c2ccccc12)Nc1ccc2nc(Cc3ccccc3F)[nH]c2c1. The number of anilines is 1. The number of carbonyl (C=O) groups excluding carboxylic acids is 1. The van der Waals surface area contributed by atoms with Gasteiger partial charge in [-0.1, -0.05) is 36.4 Å². The number of hydrogen-bond donors (Lipinski definition) is 3. The predicted molar refractivity (Wildman–Crippen MR) is 116 cm³/mol. The molecule has 0 saturated carbocycles. The van der Waals surface area contributed by atoms with Crippen LogP contribution in [0.4, 0.5) is 10.1 Å². The molecule has 1 amide bonds. The van der Waals surface area contributed by atoms with Crippen LogP contribution in [0.15, 0.2) is 72.9 Å². The number of benzene rings is 3. The molecule has 0 spiro atoms. The molecule has 5 rings (SSSR count). The fraction of sp³-hybridized carbons (Fsp3) is 0.0833. The number of halogens is 1. The van der Waals surface area contributed by atoms with Gasteiger partial charge in [-0.15, -0.1) is 0 Å². The molecular weight excluding hydrogens is 379 g/mol. The number of fused-ring (bicyclic) bond motifs is 2. The molecule has 0 aliphatic rings. The van der Waals surface area contributed by atoms with Gasteiger partial charge in [-0.3, -0.25) is 4.79 Å². The lowest BCUT2D eigenvalue weighted by Gasteiger charge is -2.05. The van der Waals surface area contributed by atoms with Crippen molar-refractivity contribution in [3.63, 3.8) is 0 Å². The molecular formula is C24H19FN4O. The Bertz CT molecular complexity index is 1370. The van der Waals surface area contributed by atoms with Gasteiger partial charge < -0.3 is 15.3 Å². The topological polar surface area (TPSA) is 73.6 Å². The molecule has 0 bridgehead atoms. The fourth-order valence-corrected chi connectivity index (χ4v) is 3.70. The van der Waals surface area contributed by atoms with Crippen LogP contribution in [-0.4, -0.2) is 20.9 Å². The lowest BCUT2D eigenvalue weighted by Crippen LogP contribution is -2.14. The second-order valence-corrected chi connectivity index (χ2v) is 7.27. The minimum absolute atomic E-state index is 0.0924. The molecule has 0 saturated heterocycles. The molecule has 0 atom stereocenters. The molecule has 0 aliphatic heterocycles. The summed E-state index contributed by atoms with van der Waals surface area (Å²) in [5.41, 5.74) is 4.82. The first-order valence-electron chi connectivity index (χ1n) is 9.72. The quantitative estimate of drug-likeness (QED) is 0.392. The number of rotatable bonds is 5. The Morgan fingerprint density at radius 1 is 0.967 bits per heavy atom. The van der Waals surface area contributed by atoms with Crippen LogP contribution in [0.5, 0.6) is 0 Å². The average Bonchev–Trinajstić information content (AvgIpc) is 3.33. The van der Waals surface area contributed by atoms with Gasteiger partial charge in [0.1, 0.15) is 11.6 Å². The molecule has 2 aromatic heterocycles. The van der Waals surface area contributed by atoms with Crippen LogP contribution < -0.4 is 5.32 Å². The third-order valence-electron chi connectivity index (χ3n) is 5.16. The number of H-pyrrole nitrogens is 2. The maximum absolute atomic E-state index is 13.9. The van der Waals surface area contributed by atoms with Crippen molar-refractivity contribution in [1.82, 2.24) is 15.0 Å². The Hall–Kier alpha value is -3.93. The first kappa shape index (κ1) is 18.1. The molecule has 0 fully saturated rings. The van der Waals surface area contributed by atoms with Crippen LogP contribution in [0.25, 0.3) is 21.9 Å². The summed E-state index contributed by atoms with van der Waals surface area (Å²) in [6.07, 6.45) is 2.53. The smallest absolute Gasteiger partial charge is 0.228 e. The fourth-order valence-electron chi connectivity index (χ4n) is 3.70. The molecule has 5 aromatic rings. The second-order valence-electron chi connectivity index (χ2n) is 7.27. The van der Waals surface area contributed by atoms with Gasteiger partial charge in [-0.2, -0.15) is 0 Å². The van der Waals surface area contributed by atoms with E-state index in [1.165, 1.54) is 6.07 Å². The number of amides is 1. The molecule has 148 valence electrons. The van der Waals surface area contributed by atoms with Crippen molar-refractivity contribution < 1.29 is 9.18 Å². The van der Waals surface area contributed by atoms with Crippen LogP contribution in [-0.2, 0) is 17.6 Å². The lowest BCUT2D eigenvalue weighted by molar-refractivity contribution is -0.115. The van der Waals surface area contributed by atoms with Gasteiger partial charge in [0, 0.05) is 29.2 Å². The zero-order chi connectivity index (χ0) is 20.5. The predicted octanol–water partition coefficient (Wildman–Crippen LogP) is 4.96. The van der Waals surface area contributed by atoms with Crippen molar-refractivity contribution in [3.8, 4) is 0 Å². The normalized spacial score (nSPS) is 11.2. The zero-order valence-corrected chi connectivity index (χ0v) is 16.1. The molecule has 0 radical (unpaired) electrons. The summed E-state index contributed by atoms with van der Waals surface area (Å²) >= 11 is 0. The summed E-state index contributed by atoms with van der Waals surface area (Å²) in [5, 5.41) is 3.99. The number of hydrogen-bond acceptors (Lipinski definition) is 2. The number of aromatic amines is 2. The Balaban J connectivity index is 1.32. The van der Waals surface area contributed by atoms with E-state index in [0.29, 0.717) is 23.5 Å². The van der Waals surface area contributed by atoms with Crippen LogP contribution in [0.2, 0.25) is 0 Å². The van der Waals surface area contributed by atoms with Gasteiger partial charge in [0.05, 0.1) is 17.5 Å². The summed E-state index contributed by atoms with van der Waals surface area (Å²) < 4.78 is 13.9. The Kier molecular flexibility index (Phi) is 4.52. The number of nitrogens with one attached hydrogen (secondary N) is 3. The van der Waals surface area contributed by atoms with E-state index in [4.69, 9.17) is 0 Å². The van der Waals surface area contributed by atoms with Crippen molar-refractivity contribution in [3.05, 3.63) is 95.7 Å². The summed E-state index contributed by atoms with van der Waals surface area (Å²) in [6.45, 7) is 0. The van der Waals surface area contributed by atoms with Crippen LogP contribution in [0, 0.1) is 5.82 Å². The summed E-state index contributed by atoms with van der Waals surface area (Å²) in [7, 11) is 0. The number of nitrogens with zero attached hydrogens (tertiary/aromatic N) is 1. The van der Waals surface area contributed by atoms with E-state index < -0.39 is 0 Å². The van der Waals surface area contributed by atoms with Crippen LogP contribution >= 0.6 is 0 Å². The highest BCUT2D eigenvalue weighted by atomic mass is 19.1. The third kappa shape index (κ3) is 3.55. The number of carbonyl (C=O) groups is 1. The minimum atomic E-state index is -0.247. The van der Waals surface area contributed by atoms with Gasteiger partial charge in [0.15, 0.2) is 0 Å². The highest BCUT2D eigenvalue weighted by molar-refractivity contribution is 5.97. The van der Waals surface area contributed by atoms with Gasteiger partial charge in [0.25, 0.3) is 0 Å². The van der Waals surface area contributed by atoms with Gasteiger partial charge >= 0.3 is 0 Å². The van der Waals surface area contributed by atoms with Gasteiger partial charge in [-0.05, 0) is 41.5 Å². The molecule has 5 nitrogen and oxygen atoms in total. The number of para-hydroxylation sites is 1.